The first-order valence-electron chi connectivity index (χ1n) is 20.9. The predicted molar refractivity (Wildman–Crippen MR) is 211 cm³/mol. The van der Waals surface area contributed by atoms with E-state index in [1.165, 1.54) is 141 Å². The quantitative estimate of drug-likeness (QED) is 0.0629. The Labute approximate surface area is 298 Å². The van der Waals surface area contributed by atoms with Crippen molar-refractivity contribution in [2.75, 3.05) is 40.9 Å². The highest BCUT2D eigenvalue weighted by molar-refractivity contribution is 4.84. The van der Waals surface area contributed by atoms with Crippen molar-refractivity contribution in [1.82, 2.24) is 9.80 Å². The summed E-state index contributed by atoms with van der Waals surface area (Å²) >= 11 is 0. The van der Waals surface area contributed by atoms with Crippen LogP contribution in [0.1, 0.15) is 216 Å². The average Bonchev–Trinajstić information content (AvgIpc) is 3.03. The van der Waals surface area contributed by atoms with Crippen molar-refractivity contribution in [3.05, 3.63) is 0 Å². The highest BCUT2D eigenvalue weighted by Crippen LogP contribution is 2.27. The summed E-state index contributed by atoms with van der Waals surface area (Å²) < 4.78 is 11.9. The van der Waals surface area contributed by atoms with E-state index < -0.39 is 0 Å². The molecule has 0 radical (unpaired) electrons. The van der Waals surface area contributed by atoms with Crippen LogP contribution in [0.15, 0.2) is 0 Å². The second kappa shape index (κ2) is 28.5. The molecule has 0 amide bonds. The minimum absolute atomic E-state index is 0.117. The lowest BCUT2D eigenvalue weighted by atomic mass is 9.90. The Morgan fingerprint density at radius 2 is 0.894 bits per heavy atom. The summed E-state index contributed by atoms with van der Waals surface area (Å²) in [6.07, 6.45) is 34.4. The Kier molecular flexibility index (Phi) is 28.4. The van der Waals surface area contributed by atoms with Gasteiger partial charge in [-0.15, -0.1) is 0 Å². The fourth-order valence-electron chi connectivity index (χ4n) is 6.66. The number of likely N-dealkylation sites (N-methyl/N-ethyl adjacent to an activating group) is 2. The van der Waals surface area contributed by atoms with Crippen LogP contribution in [0.5, 0.6) is 0 Å². The van der Waals surface area contributed by atoms with Crippen LogP contribution in [-0.4, -0.2) is 73.5 Å². The average molecular weight is 667 g/mol. The first-order chi connectivity index (χ1) is 22.3. The summed E-state index contributed by atoms with van der Waals surface area (Å²) in [7, 11) is 6.54. The molecule has 0 aromatic heterocycles. The van der Waals surface area contributed by atoms with Crippen LogP contribution >= 0.6 is 0 Å². The smallest absolute Gasteiger partial charge is 0.0644 e. The summed E-state index contributed by atoms with van der Waals surface area (Å²) in [4.78, 5) is 5.32. The first-order valence-corrected chi connectivity index (χ1v) is 20.9. The highest BCUT2D eigenvalue weighted by Gasteiger charge is 2.29. The lowest BCUT2D eigenvalue weighted by molar-refractivity contribution is -0.0662. The molecule has 284 valence electrons. The normalized spacial score (nSPS) is 13.1. The third kappa shape index (κ3) is 27.3. The van der Waals surface area contributed by atoms with Crippen molar-refractivity contribution in [2.45, 2.75) is 239 Å². The zero-order chi connectivity index (χ0) is 35.4. The van der Waals surface area contributed by atoms with E-state index in [4.69, 9.17) is 9.47 Å². The molecule has 0 aliphatic rings. The van der Waals surface area contributed by atoms with Crippen LogP contribution in [0.3, 0.4) is 0 Å². The molecule has 47 heavy (non-hydrogen) atoms. The Bertz CT molecular complexity index is 653. The topological polar surface area (TPSA) is 24.9 Å². The van der Waals surface area contributed by atoms with Gasteiger partial charge >= 0.3 is 0 Å². The molecule has 0 fully saturated rings. The molecule has 0 rings (SSSR count). The Balaban J connectivity index is 4.70. The largest absolute Gasteiger partial charge is 0.379 e. The number of unbranched alkanes of at least 4 members (excludes halogenated alkanes) is 18. The van der Waals surface area contributed by atoms with E-state index in [-0.39, 0.29) is 16.7 Å². The van der Waals surface area contributed by atoms with Gasteiger partial charge in [0.25, 0.3) is 0 Å². The van der Waals surface area contributed by atoms with Crippen LogP contribution in [-0.2, 0) is 9.47 Å². The highest BCUT2D eigenvalue weighted by atomic mass is 16.5. The maximum atomic E-state index is 6.34. The molecule has 0 heterocycles. The van der Waals surface area contributed by atoms with E-state index in [1.807, 2.05) is 0 Å². The summed E-state index contributed by atoms with van der Waals surface area (Å²) in [5, 5.41) is 0. The van der Waals surface area contributed by atoms with Crippen molar-refractivity contribution >= 4 is 0 Å². The minimum Gasteiger partial charge on any atom is -0.379 e. The van der Waals surface area contributed by atoms with Crippen molar-refractivity contribution in [2.24, 2.45) is 0 Å². The summed E-state index contributed by atoms with van der Waals surface area (Å²) in [5.41, 5.74) is -0.0929. The van der Waals surface area contributed by atoms with E-state index in [2.05, 4.69) is 79.3 Å². The van der Waals surface area contributed by atoms with Crippen molar-refractivity contribution in [3.63, 3.8) is 0 Å². The van der Waals surface area contributed by atoms with Crippen LogP contribution in [0.2, 0.25) is 0 Å². The van der Waals surface area contributed by atoms with Gasteiger partial charge in [0, 0.05) is 31.8 Å². The number of methoxy groups -OCH3 is 1. The molecular formula is C43H90N2O2. The fraction of sp³-hybridized carbons (Fsp3) is 1.00. The molecule has 0 spiro atoms. The maximum absolute atomic E-state index is 6.34. The van der Waals surface area contributed by atoms with E-state index in [9.17, 15) is 0 Å². The Morgan fingerprint density at radius 1 is 0.489 bits per heavy atom. The third-order valence-corrected chi connectivity index (χ3v) is 11.3. The molecule has 0 saturated carbocycles. The Hall–Kier alpha value is -0.160. The molecule has 0 aliphatic carbocycles. The molecule has 0 aromatic rings. The zero-order valence-electron chi connectivity index (χ0n) is 34.6. The van der Waals surface area contributed by atoms with Gasteiger partial charge in [-0.05, 0) is 87.7 Å². The fourth-order valence-corrected chi connectivity index (χ4v) is 6.66. The molecule has 0 saturated heterocycles. The SMILES string of the molecule is CCCCCCCCCCCCC(CCCCCCCCCCCC)N(C)CCN(C)C(C)(C)CCC(C)(C)OCCC(C)(C)OC. The van der Waals surface area contributed by atoms with Gasteiger partial charge in [0.1, 0.15) is 0 Å². The van der Waals surface area contributed by atoms with E-state index in [0.29, 0.717) is 0 Å². The molecule has 4 nitrogen and oxygen atoms in total. The standard InChI is InChI=1S/C43H90N2O2/c1-12-14-16-18-20-22-24-26-28-30-32-40(33-31-29-27-25-23-21-19-17-15-13-2)44(9)37-38-45(10)41(3,4)34-35-43(7,8)47-39-36-42(5,6)46-11/h40H,12-39H2,1-11H3. The number of nitrogens with zero attached hydrogens (tertiary/aromatic N) is 2. The van der Waals surface area contributed by atoms with Crippen LogP contribution in [0.25, 0.3) is 0 Å². The van der Waals surface area contributed by atoms with E-state index in [1.54, 1.807) is 7.11 Å². The molecular weight excluding hydrogens is 576 g/mol. The van der Waals surface area contributed by atoms with Crippen molar-refractivity contribution < 1.29 is 9.47 Å². The van der Waals surface area contributed by atoms with Gasteiger partial charge in [0.05, 0.1) is 17.8 Å². The lowest BCUT2D eigenvalue weighted by Gasteiger charge is -2.40. The maximum Gasteiger partial charge on any atom is 0.0644 e. The van der Waals surface area contributed by atoms with Gasteiger partial charge in [-0.3, -0.25) is 4.90 Å². The molecule has 0 bridgehead atoms. The van der Waals surface area contributed by atoms with Gasteiger partial charge in [0.2, 0.25) is 0 Å². The van der Waals surface area contributed by atoms with Crippen LogP contribution in [0, 0.1) is 0 Å². The van der Waals surface area contributed by atoms with Crippen LogP contribution < -0.4 is 0 Å². The van der Waals surface area contributed by atoms with Gasteiger partial charge < -0.3 is 14.4 Å². The van der Waals surface area contributed by atoms with Crippen molar-refractivity contribution in [1.29, 1.82) is 0 Å². The molecule has 0 aromatic carbocycles. The molecule has 0 N–H and O–H groups in total. The van der Waals surface area contributed by atoms with Crippen molar-refractivity contribution in [3.8, 4) is 0 Å². The summed E-state index contributed by atoms with van der Waals surface area (Å²) in [6.45, 7) is 21.3. The zero-order valence-corrected chi connectivity index (χ0v) is 34.6. The monoisotopic (exact) mass is 667 g/mol. The second-order valence-electron chi connectivity index (χ2n) is 17.1. The predicted octanol–water partition coefficient (Wildman–Crippen LogP) is 13.0. The third-order valence-electron chi connectivity index (χ3n) is 11.3. The lowest BCUT2D eigenvalue weighted by Crippen LogP contribution is -2.47. The Morgan fingerprint density at radius 3 is 1.30 bits per heavy atom. The molecule has 0 unspecified atom stereocenters. The van der Waals surface area contributed by atoms with Gasteiger partial charge in [-0.1, -0.05) is 142 Å². The number of hydrogen-bond donors (Lipinski definition) is 0. The van der Waals surface area contributed by atoms with Gasteiger partial charge in [0.15, 0.2) is 0 Å². The summed E-state index contributed by atoms with van der Waals surface area (Å²) in [5.74, 6) is 0. The number of ether oxygens (including phenoxy) is 2. The number of hydrogen-bond acceptors (Lipinski definition) is 4. The second-order valence-corrected chi connectivity index (χ2v) is 17.1. The van der Waals surface area contributed by atoms with E-state index in [0.717, 1.165) is 45.0 Å². The molecule has 4 heteroatoms. The summed E-state index contributed by atoms with van der Waals surface area (Å²) in [6, 6.07) is 0.735. The van der Waals surface area contributed by atoms with Gasteiger partial charge in [-0.2, -0.15) is 0 Å². The van der Waals surface area contributed by atoms with E-state index >= 15 is 0 Å². The van der Waals surface area contributed by atoms with Crippen LogP contribution in [0.4, 0.5) is 0 Å². The van der Waals surface area contributed by atoms with Gasteiger partial charge in [-0.25, -0.2) is 0 Å². The molecule has 0 aliphatic heterocycles. The molecule has 0 atom stereocenters. The number of rotatable bonds is 35. The first kappa shape index (κ1) is 46.8. The minimum atomic E-state index is -0.124.